The van der Waals surface area contributed by atoms with Crippen molar-refractivity contribution >= 4 is 0 Å². The van der Waals surface area contributed by atoms with Crippen LogP contribution in [0.3, 0.4) is 0 Å². The number of benzene rings is 1. The molecule has 0 unspecified atom stereocenters. The summed E-state index contributed by atoms with van der Waals surface area (Å²) in [6.45, 7) is 8.05. The summed E-state index contributed by atoms with van der Waals surface area (Å²) in [4.78, 5) is 0. The third-order valence-corrected chi connectivity index (χ3v) is 2.43. The molecule has 0 aromatic heterocycles. The summed E-state index contributed by atoms with van der Waals surface area (Å²) in [7, 11) is 0. The molecule has 1 aromatic carbocycles. The van der Waals surface area contributed by atoms with Crippen LogP contribution in [-0.4, -0.2) is 10.7 Å². The fourth-order valence-corrected chi connectivity index (χ4v) is 2.07. The van der Waals surface area contributed by atoms with E-state index in [1.54, 1.807) is 0 Å². The Morgan fingerprint density at radius 2 is 1.50 bits per heavy atom. The lowest BCUT2D eigenvalue weighted by Crippen LogP contribution is -2.31. The molecule has 78 valence electrons. The summed E-state index contributed by atoms with van der Waals surface area (Å²) in [5.74, 6) is 0. The van der Waals surface area contributed by atoms with Crippen molar-refractivity contribution in [3.63, 3.8) is 0 Å². The van der Waals surface area contributed by atoms with Crippen molar-refractivity contribution in [2.75, 3.05) is 0 Å². The summed E-state index contributed by atoms with van der Waals surface area (Å²) in [5, 5.41) is 9.81. The van der Waals surface area contributed by atoms with Gasteiger partial charge in [0.05, 0.1) is 5.60 Å². The molecule has 0 fully saturated rings. The summed E-state index contributed by atoms with van der Waals surface area (Å²) in [6, 6.07) is 10.3. The first-order valence-corrected chi connectivity index (χ1v) is 5.09. The van der Waals surface area contributed by atoms with Gasteiger partial charge in [0.1, 0.15) is 0 Å². The van der Waals surface area contributed by atoms with Crippen molar-refractivity contribution in [1.82, 2.24) is 0 Å². The monoisotopic (exact) mass is 192 g/mol. The van der Waals surface area contributed by atoms with Gasteiger partial charge in [-0.25, -0.2) is 0 Å². The zero-order valence-corrected chi connectivity index (χ0v) is 9.54. The quantitative estimate of drug-likeness (QED) is 0.780. The van der Waals surface area contributed by atoms with E-state index in [4.69, 9.17) is 0 Å². The highest BCUT2D eigenvalue weighted by molar-refractivity contribution is 5.23. The molecule has 1 N–H and O–H groups in total. The van der Waals surface area contributed by atoms with Crippen molar-refractivity contribution in [3.05, 3.63) is 35.9 Å². The van der Waals surface area contributed by atoms with E-state index < -0.39 is 5.60 Å². The Morgan fingerprint density at radius 1 is 1.00 bits per heavy atom. The van der Waals surface area contributed by atoms with Crippen LogP contribution in [0.15, 0.2) is 30.3 Å². The number of hydrogen-bond acceptors (Lipinski definition) is 1. The summed E-state index contributed by atoms with van der Waals surface area (Å²) in [6.07, 6.45) is 0.768. The molecule has 0 saturated carbocycles. The van der Waals surface area contributed by atoms with E-state index in [9.17, 15) is 5.11 Å². The van der Waals surface area contributed by atoms with Crippen LogP contribution >= 0.6 is 0 Å². The van der Waals surface area contributed by atoms with Crippen LogP contribution in [0.2, 0.25) is 0 Å². The molecule has 0 radical (unpaired) electrons. The molecule has 14 heavy (non-hydrogen) atoms. The molecule has 0 spiro atoms. The highest BCUT2D eigenvalue weighted by atomic mass is 16.3. The minimum Gasteiger partial charge on any atom is -0.390 e. The van der Waals surface area contributed by atoms with E-state index in [0.29, 0.717) is 0 Å². The van der Waals surface area contributed by atoms with Gasteiger partial charge in [-0.15, -0.1) is 0 Å². The summed E-state index contributed by atoms with van der Waals surface area (Å²) < 4.78 is 0. The average Bonchev–Trinajstić information content (AvgIpc) is 2.01. The van der Waals surface area contributed by atoms with E-state index in [2.05, 4.69) is 26.0 Å². The van der Waals surface area contributed by atoms with E-state index in [1.165, 1.54) is 5.56 Å². The molecule has 0 heterocycles. The molecule has 0 bridgehead atoms. The zero-order valence-electron chi connectivity index (χ0n) is 9.54. The third-order valence-electron chi connectivity index (χ3n) is 2.43. The van der Waals surface area contributed by atoms with Crippen LogP contribution in [0, 0.1) is 0 Å². The molecule has 0 atom stereocenters. The van der Waals surface area contributed by atoms with Gasteiger partial charge in [-0.2, -0.15) is 0 Å². The maximum Gasteiger partial charge on any atom is 0.0600 e. The van der Waals surface area contributed by atoms with Crippen LogP contribution in [0.5, 0.6) is 0 Å². The van der Waals surface area contributed by atoms with Gasteiger partial charge in [0.25, 0.3) is 0 Å². The van der Waals surface area contributed by atoms with Gasteiger partial charge in [-0.3, -0.25) is 0 Å². The van der Waals surface area contributed by atoms with Gasteiger partial charge in [0.15, 0.2) is 0 Å². The third kappa shape index (κ3) is 3.15. The molecule has 1 aromatic rings. The molecule has 1 nitrogen and oxygen atoms in total. The summed E-state index contributed by atoms with van der Waals surface area (Å²) in [5.41, 5.74) is 0.695. The minimum atomic E-state index is -0.612. The standard InChI is InChI=1S/C13H20O/c1-12(2,10-13(3,4)14)11-8-6-5-7-9-11/h5-9,14H,10H2,1-4H3. The number of hydrogen-bond donors (Lipinski definition) is 1. The minimum absolute atomic E-state index is 0.0273. The lowest BCUT2D eigenvalue weighted by atomic mass is 9.76. The van der Waals surface area contributed by atoms with Gasteiger partial charge < -0.3 is 5.11 Å². The van der Waals surface area contributed by atoms with Crippen molar-refractivity contribution in [2.45, 2.75) is 45.1 Å². The topological polar surface area (TPSA) is 20.2 Å². The highest BCUT2D eigenvalue weighted by Crippen LogP contribution is 2.31. The van der Waals surface area contributed by atoms with Crippen molar-refractivity contribution < 1.29 is 5.11 Å². The van der Waals surface area contributed by atoms with Crippen molar-refractivity contribution in [2.24, 2.45) is 0 Å². The highest BCUT2D eigenvalue weighted by Gasteiger charge is 2.28. The predicted octanol–water partition coefficient (Wildman–Crippen LogP) is 3.13. The second-order valence-corrected chi connectivity index (χ2v) is 5.24. The molecule has 0 amide bonds. The molecule has 0 aliphatic rings. The average molecular weight is 192 g/mol. The van der Waals surface area contributed by atoms with E-state index in [-0.39, 0.29) is 5.41 Å². The number of aliphatic hydroxyl groups is 1. The van der Waals surface area contributed by atoms with Gasteiger partial charge >= 0.3 is 0 Å². The normalized spacial score (nSPS) is 12.9. The van der Waals surface area contributed by atoms with Crippen molar-refractivity contribution in [3.8, 4) is 0 Å². The fraction of sp³-hybridized carbons (Fsp3) is 0.538. The van der Waals surface area contributed by atoms with E-state index in [1.807, 2.05) is 32.0 Å². The Bertz CT molecular complexity index is 280. The summed E-state index contributed by atoms with van der Waals surface area (Å²) >= 11 is 0. The van der Waals surface area contributed by atoms with Crippen LogP contribution in [0.25, 0.3) is 0 Å². The maximum atomic E-state index is 9.81. The van der Waals surface area contributed by atoms with Crippen LogP contribution in [0.1, 0.15) is 39.7 Å². The van der Waals surface area contributed by atoms with E-state index in [0.717, 1.165) is 6.42 Å². The first-order valence-electron chi connectivity index (χ1n) is 5.09. The smallest absolute Gasteiger partial charge is 0.0600 e. The molecular formula is C13H20O. The molecule has 0 aliphatic heterocycles. The van der Waals surface area contributed by atoms with Crippen LogP contribution in [-0.2, 0) is 5.41 Å². The Labute approximate surface area is 86.8 Å². The zero-order chi connectivity index (χ0) is 10.8. The van der Waals surface area contributed by atoms with Gasteiger partial charge in [0.2, 0.25) is 0 Å². The molecule has 1 heteroatoms. The van der Waals surface area contributed by atoms with Gasteiger partial charge in [0, 0.05) is 0 Å². The first kappa shape index (κ1) is 11.3. The lowest BCUT2D eigenvalue weighted by Gasteiger charge is -2.31. The lowest BCUT2D eigenvalue weighted by molar-refractivity contribution is 0.0501. The SMILES string of the molecule is CC(C)(O)CC(C)(C)c1ccccc1. The molecule has 0 aliphatic carbocycles. The van der Waals surface area contributed by atoms with Gasteiger partial charge in [-0.05, 0) is 31.2 Å². The number of rotatable bonds is 3. The Kier molecular flexibility index (Phi) is 3.01. The Hall–Kier alpha value is -0.820. The van der Waals surface area contributed by atoms with Crippen LogP contribution in [0.4, 0.5) is 0 Å². The first-order chi connectivity index (χ1) is 6.31. The van der Waals surface area contributed by atoms with E-state index >= 15 is 0 Å². The second-order valence-electron chi connectivity index (χ2n) is 5.24. The Morgan fingerprint density at radius 3 is 1.93 bits per heavy atom. The Balaban J connectivity index is 2.86. The van der Waals surface area contributed by atoms with Crippen LogP contribution < -0.4 is 0 Å². The van der Waals surface area contributed by atoms with Gasteiger partial charge in [-0.1, -0.05) is 44.2 Å². The second kappa shape index (κ2) is 3.74. The largest absolute Gasteiger partial charge is 0.390 e. The van der Waals surface area contributed by atoms with Crippen molar-refractivity contribution in [1.29, 1.82) is 0 Å². The molecule has 0 saturated heterocycles. The maximum absolute atomic E-state index is 9.81. The predicted molar refractivity (Wildman–Crippen MR) is 60.4 cm³/mol. The molecular weight excluding hydrogens is 172 g/mol. The molecule has 1 rings (SSSR count). The fourth-order valence-electron chi connectivity index (χ4n) is 2.07.